The van der Waals surface area contributed by atoms with Crippen LogP contribution >= 0.6 is 0 Å². The maximum atomic E-state index is 12.0. The third kappa shape index (κ3) is 3.44. The van der Waals surface area contributed by atoms with E-state index in [0.29, 0.717) is 26.2 Å². The maximum Gasteiger partial charge on any atom is 0.216 e. The van der Waals surface area contributed by atoms with E-state index in [4.69, 9.17) is 5.26 Å². The summed E-state index contributed by atoms with van der Waals surface area (Å²) < 4.78 is 25.5. The summed E-state index contributed by atoms with van der Waals surface area (Å²) in [5.74, 6) is 0. The van der Waals surface area contributed by atoms with Crippen molar-refractivity contribution in [3.63, 3.8) is 0 Å². The first-order valence-corrected chi connectivity index (χ1v) is 8.06. The van der Waals surface area contributed by atoms with Crippen molar-refractivity contribution in [3.05, 3.63) is 0 Å². The van der Waals surface area contributed by atoms with Gasteiger partial charge in [-0.1, -0.05) is 13.3 Å². The van der Waals surface area contributed by atoms with E-state index in [-0.39, 0.29) is 11.3 Å². The van der Waals surface area contributed by atoms with Gasteiger partial charge in [-0.15, -0.1) is 0 Å². The lowest BCUT2D eigenvalue weighted by Gasteiger charge is -2.36. The van der Waals surface area contributed by atoms with E-state index in [2.05, 4.69) is 17.9 Å². The largest absolute Gasteiger partial charge is 0.285 e. The molecule has 0 bridgehead atoms. The molecule has 0 N–H and O–H groups in total. The highest BCUT2D eigenvalue weighted by molar-refractivity contribution is 7.89. The summed E-state index contributed by atoms with van der Waals surface area (Å²) in [6, 6.07) is 2.24. The predicted molar refractivity (Wildman–Crippen MR) is 71.5 cm³/mol. The van der Waals surface area contributed by atoms with Gasteiger partial charge in [0.2, 0.25) is 10.0 Å². The number of nitrogens with zero attached hydrogens (tertiary/aromatic N) is 3. The number of hydrogen-bond acceptors (Lipinski definition) is 4. The third-order valence-electron chi connectivity index (χ3n) is 3.38. The molecule has 5 nitrogen and oxygen atoms in total. The molecule has 1 aliphatic heterocycles. The summed E-state index contributed by atoms with van der Waals surface area (Å²) in [6.45, 7) is 7.79. The molecule has 1 rings (SSSR count). The van der Waals surface area contributed by atoms with Crippen molar-refractivity contribution in [1.82, 2.24) is 9.21 Å². The Balaban J connectivity index is 2.59. The Hall–Kier alpha value is -0.640. The molecule has 0 amide bonds. The fourth-order valence-electron chi connectivity index (χ4n) is 2.17. The molecule has 1 saturated heterocycles. The smallest absolute Gasteiger partial charge is 0.216 e. The Kier molecular flexibility index (Phi) is 5.57. The summed E-state index contributed by atoms with van der Waals surface area (Å²) in [5.41, 5.74) is 0. The molecule has 0 aliphatic carbocycles. The van der Waals surface area contributed by atoms with Crippen LogP contribution in [0.1, 0.15) is 33.6 Å². The third-order valence-corrected chi connectivity index (χ3v) is 5.66. The van der Waals surface area contributed by atoms with Crippen molar-refractivity contribution in [2.45, 2.75) is 44.9 Å². The Labute approximate surface area is 110 Å². The molecule has 104 valence electrons. The molecule has 0 spiro atoms. The Morgan fingerprint density at radius 3 is 2.17 bits per heavy atom. The Morgan fingerprint density at radius 1 is 1.22 bits per heavy atom. The van der Waals surface area contributed by atoms with Crippen LogP contribution in [0.3, 0.4) is 0 Å². The summed E-state index contributed by atoms with van der Waals surface area (Å²) in [7, 11) is -3.14. The molecule has 1 heterocycles. The highest BCUT2D eigenvalue weighted by atomic mass is 32.2. The van der Waals surface area contributed by atoms with Crippen molar-refractivity contribution in [3.8, 4) is 6.07 Å². The summed E-state index contributed by atoms with van der Waals surface area (Å²) in [6.07, 6.45) is 1.83. The number of hydrogen-bond donors (Lipinski definition) is 0. The summed E-state index contributed by atoms with van der Waals surface area (Å²) >= 11 is 0. The standard InChI is InChI=1S/C12H23N3O2S/c1-4-5-12(10-13)14-6-8-15(9-7-14)18(16,17)11(2)3/h11-12H,4-9H2,1-3H3. The van der Waals surface area contributed by atoms with Gasteiger partial charge < -0.3 is 0 Å². The van der Waals surface area contributed by atoms with Crippen LogP contribution in [0.2, 0.25) is 0 Å². The quantitative estimate of drug-likeness (QED) is 0.750. The van der Waals surface area contributed by atoms with Gasteiger partial charge in [0, 0.05) is 26.2 Å². The van der Waals surface area contributed by atoms with Crippen LogP contribution in [-0.4, -0.2) is 55.1 Å². The van der Waals surface area contributed by atoms with Crippen LogP contribution in [0.15, 0.2) is 0 Å². The number of sulfonamides is 1. The van der Waals surface area contributed by atoms with Gasteiger partial charge in [0.05, 0.1) is 17.4 Å². The highest BCUT2D eigenvalue weighted by Crippen LogP contribution is 2.15. The molecule has 0 aromatic rings. The number of rotatable bonds is 5. The fraction of sp³-hybridized carbons (Fsp3) is 0.917. The van der Waals surface area contributed by atoms with E-state index >= 15 is 0 Å². The first-order chi connectivity index (χ1) is 8.43. The second-order valence-electron chi connectivity index (χ2n) is 4.96. The topological polar surface area (TPSA) is 64.4 Å². The van der Waals surface area contributed by atoms with E-state index in [9.17, 15) is 8.42 Å². The van der Waals surface area contributed by atoms with E-state index in [0.717, 1.165) is 12.8 Å². The molecular weight excluding hydrogens is 250 g/mol. The SMILES string of the molecule is CCCC(C#N)N1CCN(S(=O)(=O)C(C)C)CC1. The predicted octanol–water partition coefficient (Wildman–Crippen LogP) is 1.03. The van der Waals surface area contributed by atoms with E-state index in [1.807, 2.05) is 0 Å². The van der Waals surface area contributed by atoms with Crippen molar-refractivity contribution in [2.24, 2.45) is 0 Å². The second-order valence-corrected chi connectivity index (χ2v) is 7.45. The zero-order chi connectivity index (χ0) is 13.8. The van der Waals surface area contributed by atoms with Gasteiger partial charge in [0.15, 0.2) is 0 Å². The molecule has 0 aromatic carbocycles. The van der Waals surface area contributed by atoms with Crippen molar-refractivity contribution >= 4 is 10.0 Å². The minimum Gasteiger partial charge on any atom is -0.285 e. The first kappa shape index (κ1) is 15.4. The van der Waals surface area contributed by atoms with Gasteiger partial charge in [-0.2, -0.15) is 9.57 Å². The van der Waals surface area contributed by atoms with Gasteiger partial charge in [0.25, 0.3) is 0 Å². The van der Waals surface area contributed by atoms with Crippen LogP contribution in [0.25, 0.3) is 0 Å². The van der Waals surface area contributed by atoms with Gasteiger partial charge in [0.1, 0.15) is 0 Å². The van der Waals surface area contributed by atoms with Crippen molar-refractivity contribution in [2.75, 3.05) is 26.2 Å². The Bertz CT molecular complexity index is 392. The molecule has 0 radical (unpaired) electrons. The second kappa shape index (κ2) is 6.50. The molecule has 1 atom stereocenters. The molecule has 0 aromatic heterocycles. The Morgan fingerprint density at radius 2 is 1.78 bits per heavy atom. The molecular formula is C12H23N3O2S. The molecule has 1 aliphatic rings. The van der Waals surface area contributed by atoms with Crippen LogP contribution < -0.4 is 0 Å². The molecule has 0 saturated carbocycles. The van der Waals surface area contributed by atoms with Gasteiger partial charge in [-0.05, 0) is 20.3 Å². The first-order valence-electron chi connectivity index (χ1n) is 6.56. The fourth-order valence-corrected chi connectivity index (χ4v) is 3.44. The van der Waals surface area contributed by atoms with Gasteiger partial charge >= 0.3 is 0 Å². The molecule has 1 unspecified atom stereocenters. The zero-order valence-corrected chi connectivity index (χ0v) is 12.3. The average molecular weight is 273 g/mol. The van der Waals surface area contributed by atoms with E-state index < -0.39 is 10.0 Å². The average Bonchev–Trinajstić information content (AvgIpc) is 2.36. The van der Waals surface area contributed by atoms with Crippen LogP contribution in [0, 0.1) is 11.3 Å². The van der Waals surface area contributed by atoms with Crippen molar-refractivity contribution < 1.29 is 8.42 Å². The molecule has 6 heteroatoms. The molecule has 18 heavy (non-hydrogen) atoms. The number of nitriles is 1. The monoisotopic (exact) mass is 273 g/mol. The van der Waals surface area contributed by atoms with Gasteiger partial charge in [-0.25, -0.2) is 8.42 Å². The number of piperazine rings is 1. The van der Waals surface area contributed by atoms with Gasteiger partial charge in [-0.3, -0.25) is 4.90 Å². The minimum atomic E-state index is -3.14. The zero-order valence-electron chi connectivity index (χ0n) is 11.5. The lowest BCUT2D eigenvalue weighted by atomic mass is 10.1. The van der Waals surface area contributed by atoms with Crippen LogP contribution in [-0.2, 0) is 10.0 Å². The summed E-state index contributed by atoms with van der Waals surface area (Å²) in [4.78, 5) is 2.09. The minimum absolute atomic E-state index is 0.0705. The summed E-state index contributed by atoms with van der Waals surface area (Å²) in [5, 5.41) is 8.73. The molecule has 1 fully saturated rings. The lowest BCUT2D eigenvalue weighted by molar-refractivity contribution is 0.156. The van der Waals surface area contributed by atoms with E-state index in [1.54, 1.807) is 18.2 Å². The van der Waals surface area contributed by atoms with Crippen LogP contribution in [0.4, 0.5) is 0 Å². The maximum absolute atomic E-state index is 12.0. The van der Waals surface area contributed by atoms with Crippen molar-refractivity contribution in [1.29, 1.82) is 5.26 Å². The highest BCUT2D eigenvalue weighted by Gasteiger charge is 2.31. The normalized spacial score (nSPS) is 20.8. The van der Waals surface area contributed by atoms with E-state index in [1.165, 1.54) is 0 Å². The lowest BCUT2D eigenvalue weighted by Crippen LogP contribution is -2.52. The van der Waals surface area contributed by atoms with Crippen LogP contribution in [0.5, 0.6) is 0 Å².